The van der Waals surface area contributed by atoms with Crippen molar-refractivity contribution in [2.45, 2.75) is 45.5 Å². The highest BCUT2D eigenvalue weighted by molar-refractivity contribution is 7.09. The molecule has 1 atom stereocenters. The second kappa shape index (κ2) is 11.0. The van der Waals surface area contributed by atoms with Gasteiger partial charge in [-0.05, 0) is 5.92 Å². The maximum atomic E-state index is 12.7. The molecule has 2 heterocycles. The fourth-order valence-electron chi connectivity index (χ4n) is 3.44. The van der Waals surface area contributed by atoms with Gasteiger partial charge in [0.1, 0.15) is 5.01 Å². The Morgan fingerprint density at radius 3 is 2.50 bits per heavy atom. The quantitative estimate of drug-likeness (QED) is 0.499. The maximum Gasteiger partial charge on any atom is 0.434 e. The van der Waals surface area contributed by atoms with Gasteiger partial charge in [-0.3, -0.25) is 9.89 Å². The van der Waals surface area contributed by atoms with E-state index >= 15 is 0 Å². The van der Waals surface area contributed by atoms with Crippen molar-refractivity contribution in [3.63, 3.8) is 0 Å². The number of thiazole rings is 1. The molecule has 28 heavy (non-hydrogen) atoms. The Morgan fingerprint density at radius 1 is 1.29 bits per heavy atom. The first-order valence-electron chi connectivity index (χ1n) is 9.66. The molecule has 0 aliphatic carbocycles. The number of ether oxygens (including phenoxy) is 1. The molecule has 1 fully saturated rings. The summed E-state index contributed by atoms with van der Waals surface area (Å²) in [6, 6.07) is 0.356. The number of nitrogens with one attached hydrogen (secondary N) is 2. The van der Waals surface area contributed by atoms with E-state index in [1.807, 2.05) is 0 Å². The van der Waals surface area contributed by atoms with Crippen molar-refractivity contribution in [3.05, 3.63) is 16.1 Å². The highest BCUT2D eigenvalue weighted by atomic mass is 32.1. The van der Waals surface area contributed by atoms with Crippen molar-refractivity contribution in [3.8, 4) is 0 Å². The van der Waals surface area contributed by atoms with E-state index in [4.69, 9.17) is 4.74 Å². The molecule has 0 spiro atoms. The van der Waals surface area contributed by atoms with Gasteiger partial charge >= 0.3 is 6.18 Å². The predicted molar refractivity (Wildman–Crippen MR) is 106 cm³/mol. The third kappa shape index (κ3) is 6.59. The lowest BCUT2D eigenvalue weighted by Crippen LogP contribution is -2.53. The van der Waals surface area contributed by atoms with E-state index in [2.05, 4.69) is 39.4 Å². The zero-order valence-corrected chi connectivity index (χ0v) is 17.5. The van der Waals surface area contributed by atoms with Crippen LogP contribution in [0.5, 0.6) is 0 Å². The summed E-state index contributed by atoms with van der Waals surface area (Å²) in [5.74, 6) is 1.12. The second-order valence-electron chi connectivity index (χ2n) is 6.72. The zero-order chi connectivity index (χ0) is 20.6. The lowest BCUT2D eigenvalue weighted by Gasteiger charge is -2.39. The van der Waals surface area contributed by atoms with Crippen LogP contribution in [0.2, 0.25) is 0 Å². The number of aliphatic imine (C=N–C) groups is 1. The molecule has 1 saturated heterocycles. The van der Waals surface area contributed by atoms with Crippen LogP contribution in [0.25, 0.3) is 0 Å². The topological polar surface area (TPSA) is 61.8 Å². The van der Waals surface area contributed by atoms with Gasteiger partial charge in [-0.2, -0.15) is 13.2 Å². The van der Waals surface area contributed by atoms with Crippen LogP contribution < -0.4 is 10.6 Å². The van der Waals surface area contributed by atoms with Gasteiger partial charge in [0.25, 0.3) is 0 Å². The van der Waals surface area contributed by atoms with Crippen molar-refractivity contribution in [2.24, 2.45) is 10.9 Å². The number of halogens is 3. The summed E-state index contributed by atoms with van der Waals surface area (Å²) in [6.45, 7) is 8.64. The van der Waals surface area contributed by atoms with E-state index in [0.717, 1.165) is 62.4 Å². The van der Waals surface area contributed by atoms with Crippen LogP contribution in [0.15, 0.2) is 10.4 Å². The number of hydrogen-bond acceptors (Lipinski definition) is 5. The summed E-state index contributed by atoms with van der Waals surface area (Å²) < 4.78 is 43.5. The number of nitrogens with zero attached hydrogens (tertiary/aromatic N) is 3. The first-order chi connectivity index (χ1) is 13.4. The Labute approximate surface area is 168 Å². The predicted octanol–water partition coefficient (Wildman–Crippen LogP) is 2.96. The summed E-state index contributed by atoms with van der Waals surface area (Å²) in [4.78, 5) is 10.3. The minimum Gasteiger partial charge on any atom is -0.379 e. The number of rotatable bonds is 8. The molecule has 0 radical (unpaired) electrons. The van der Waals surface area contributed by atoms with Crippen molar-refractivity contribution in [1.29, 1.82) is 0 Å². The number of guanidine groups is 1. The molecule has 2 N–H and O–H groups in total. The summed E-state index contributed by atoms with van der Waals surface area (Å²) >= 11 is 0.990. The van der Waals surface area contributed by atoms with Gasteiger partial charge in [-0.15, -0.1) is 11.3 Å². The monoisotopic (exact) mass is 421 g/mol. The fraction of sp³-hybridized carbons (Fsp3) is 0.778. The number of hydrogen-bond donors (Lipinski definition) is 2. The number of aromatic nitrogens is 1. The molecule has 0 aromatic carbocycles. The van der Waals surface area contributed by atoms with Crippen molar-refractivity contribution in [2.75, 3.05) is 39.9 Å². The normalized spacial score (nSPS) is 17.8. The van der Waals surface area contributed by atoms with Crippen molar-refractivity contribution >= 4 is 17.3 Å². The van der Waals surface area contributed by atoms with Gasteiger partial charge in [-0.25, -0.2) is 4.98 Å². The minimum atomic E-state index is -4.41. The maximum absolute atomic E-state index is 12.7. The van der Waals surface area contributed by atoms with Crippen molar-refractivity contribution < 1.29 is 17.9 Å². The van der Waals surface area contributed by atoms with Gasteiger partial charge in [0.15, 0.2) is 11.7 Å². The average molecular weight is 422 g/mol. The molecule has 1 unspecified atom stereocenters. The second-order valence-corrected chi connectivity index (χ2v) is 7.67. The first kappa shape index (κ1) is 22.9. The zero-order valence-electron chi connectivity index (χ0n) is 16.7. The Hall–Kier alpha value is -1.39. The molecule has 0 saturated carbocycles. The summed E-state index contributed by atoms with van der Waals surface area (Å²) in [7, 11) is 1.65. The molecule has 1 aliphatic rings. The molecule has 1 aromatic rings. The van der Waals surface area contributed by atoms with Crippen molar-refractivity contribution in [1.82, 2.24) is 20.5 Å². The summed E-state index contributed by atoms with van der Waals surface area (Å²) in [5.41, 5.74) is -0.849. The highest BCUT2D eigenvalue weighted by Crippen LogP contribution is 2.29. The average Bonchev–Trinajstić information content (AvgIpc) is 3.17. The van der Waals surface area contributed by atoms with E-state index < -0.39 is 11.9 Å². The molecular formula is C18H30F3N5OS. The fourth-order valence-corrected chi connectivity index (χ4v) is 4.18. The molecule has 6 nitrogen and oxygen atoms in total. The third-order valence-corrected chi connectivity index (χ3v) is 5.91. The highest BCUT2D eigenvalue weighted by Gasteiger charge is 2.33. The Balaban J connectivity index is 1.91. The molecule has 0 amide bonds. The van der Waals surface area contributed by atoms with Crippen LogP contribution in [0.1, 0.15) is 37.4 Å². The Bertz CT molecular complexity index is 613. The van der Waals surface area contributed by atoms with Gasteiger partial charge in [-0.1, -0.05) is 26.7 Å². The van der Waals surface area contributed by atoms with E-state index in [-0.39, 0.29) is 6.54 Å². The van der Waals surface area contributed by atoms with E-state index in [9.17, 15) is 13.2 Å². The third-order valence-electron chi connectivity index (χ3n) is 5.06. The Morgan fingerprint density at radius 2 is 1.96 bits per heavy atom. The van der Waals surface area contributed by atoms with E-state index in [1.54, 1.807) is 7.05 Å². The largest absolute Gasteiger partial charge is 0.434 e. The van der Waals surface area contributed by atoms with Crippen LogP contribution in [0.4, 0.5) is 13.2 Å². The standard InChI is InChI=1S/C18H30F3N5OS/c1-4-13(5-2)14(26-6-8-27-9-7-26)10-23-17(22-3)24-11-16-25-15(12-28-16)18(19,20)21/h12-14H,4-11H2,1-3H3,(H2,22,23,24). The molecule has 1 aliphatic heterocycles. The molecule has 0 bridgehead atoms. The number of morpholine rings is 1. The lowest BCUT2D eigenvalue weighted by molar-refractivity contribution is -0.140. The van der Waals surface area contributed by atoms with E-state index in [1.165, 1.54) is 0 Å². The molecule has 2 rings (SSSR count). The lowest BCUT2D eigenvalue weighted by atomic mass is 9.92. The molecule has 10 heteroatoms. The molecular weight excluding hydrogens is 391 g/mol. The van der Waals surface area contributed by atoms with Crippen LogP contribution in [0.3, 0.4) is 0 Å². The minimum absolute atomic E-state index is 0.202. The van der Waals surface area contributed by atoms with Crippen LogP contribution >= 0.6 is 11.3 Å². The van der Waals surface area contributed by atoms with Gasteiger partial charge < -0.3 is 15.4 Å². The molecule has 160 valence electrons. The Kier molecular flexibility index (Phi) is 8.97. The number of alkyl halides is 3. The van der Waals surface area contributed by atoms with Crippen LogP contribution in [-0.2, 0) is 17.5 Å². The summed E-state index contributed by atoms with van der Waals surface area (Å²) in [5, 5.41) is 7.81. The van der Waals surface area contributed by atoms with Crippen LogP contribution in [-0.4, -0.2) is 61.8 Å². The van der Waals surface area contributed by atoms with Crippen LogP contribution in [0, 0.1) is 5.92 Å². The van der Waals surface area contributed by atoms with Gasteiger partial charge in [0.05, 0.1) is 19.8 Å². The summed E-state index contributed by atoms with van der Waals surface area (Å²) in [6.07, 6.45) is -2.23. The molecule has 1 aromatic heterocycles. The van der Waals surface area contributed by atoms with Gasteiger partial charge in [0, 0.05) is 38.1 Å². The first-order valence-corrected chi connectivity index (χ1v) is 10.5. The van der Waals surface area contributed by atoms with E-state index in [0.29, 0.717) is 22.9 Å². The SMILES string of the molecule is CCC(CC)C(CNC(=NC)NCc1nc(C(F)(F)F)cs1)N1CCOCC1. The smallest absolute Gasteiger partial charge is 0.379 e. The van der Waals surface area contributed by atoms with Gasteiger partial charge in [0.2, 0.25) is 0 Å².